The van der Waals surface area contributed by atoms with E-state index in [-0.39, 0.29) is 6.61 Å². The van der Waals surface area contributed by atoms with Gasteiger partial charge in [-0.15, -0.1) is 0 Å². The number of methoxy groups -OCH3 is 1. The number of ether oxygens (including phenoxy) is 3. The predicted molar refractivity (Wildman–Crippen MR) is 118 cm³/mol. The van der Waals surface area contributed by atoms with Crippen LogP contribution >= 0.6 is 0 Å². The summed E-state index contributed by atoms with van der Waals surface area (Å²) in [5.41, 5.74) is -1.18. The first kappa shape index (κ1) is 26.0. The molecule has 0 aromatic heterocycles. The van der Waals surface area contributed by atoms with Crippen molar-refractivity contribution >= 4 is 11.9 Å². The zero-order valence-electron chi connectivity index (χ0n) is 19.1. The number of fused-ring (bicyclic) bond motifs is 1. The van der Waals surface area contributed by atoms with Crippen molar-refractivity contribution in [1.82, 2.24) is 0 Å². The zero-order valence-corrected chi connectivity index (χ0v) is 19.1. The van der Waals surface area contributed by atoms with Gasteiger partial charge in [0.2, 0.25) is 0 Å². The van der Waals surface area contributed by atoms with Crippen LogP contribution in [0.5, 0.6) is 0 Å². The first-order valence-electron chi connectivity index (χ1n) is 10.7. The van der Waals surface area contributed by atoms with Gasteiger partial charge in [0.1, 0.15) is 12.2 Å². The SMILES string of the molecule is CO[C@@H]1[C@H](OC(=O)/C=C/C=C/C=C/C(=O)O)CC[C@]2(O)CO[C@](C)([C@H](O)CC=C(C)C)[C@@H]12. The largest absolute Gasteiger partial charge is 0.478 e. The molecule has 1 aliphatic carbocycles. The van der Waals surface area contributed by atoms with Gasteiger partial charge in [-0.3, -0.25) is 0 Å². The van der Waals surface area contributed by atoms with Crippen molar-refractivity contribution in [3.05, 3.63) is 48.1 Å². The van der Waals surface area contributed by atoms with Gasteiger partial charge in [-0.2, -0.15) is 0 Å². The van der Waals surface area contributed by atoms with Gasteiger partial charge in [-0.05, 0) is 40.0 Å². The molecule has 8 heteroatoms. The molecule has 2 rings (SSSR count). The maximum absolute atomic E-state index is 12.3. The van der Waals surface area contributed by atoms with Crippen molar-refractivity contribution in [2.75, 3.05) is 13.7 Å². The summed E-state index contributed by atoms with van der Waals surface area (Å²) in [6, 6.07) is 0. The van der Waals surface area contributed by atoms with E-state index in [1.807, 2.05) is 19.9 Å². The Bertz CT molecular complexity index is 794. The molecule has 0 unspecified atom stereocenters. The fraction of sp³-hybridized carbons (Fsp3) is 0.583. The van der Waals surface area contributed by atoms with Gasteiger partial charge in [0.25, 0.3) is 0 Å². The maximum atomic E-state index is 12.3. The fourth-order valence-corrected chi connectivity index (χ4v) is 4.51. The van der Waals surface area contributed by atoms with Crippen LogP contribution in [0.3, 0.4) is 0 Å². The zero-order chi connectivity index (χ0) is 23.9. The summed E-state index contributed by atoms with van der Waals surface area (Å²) >= 11 is 0. The van der Waals surface area contributed by atoms with E-state index in [1.165, 1.54) is 37.5 Å². The third-order valence-corrected chi connectivity index (χ3v) is 6.14. The van der Waals surface area contributed by atoms with E-state index in [1.54, 1.807) is 6.92 Å². The van der Waals surface area contributed by atoms with E-state index >= 15 is 0 Å². The van der Waals surface area contributed by atoms with E-state index in [0.29, 0.717) is 19.3 Å². The second-order valence-corrected chi connectivity index (χ2v) is 8.74. The molecule has 2 aliphatic rings. The van der Waals surface area contributed by atoms with Crippen LogP contribution in [0.4, 0.5) is 0 Å². The van der Waals surface area contributed by atoms with Gasteiger partial charge in [-0.25, -0.2) is 9.59 Å². The molecule has 1 saturated heterocycles. The fourth-order valence-electron chi connectivity index (χ4n) is 4.51. The number of carboxylic acids is 1. The molecule has 3 N–H and O–H groups in total. The molecular formula is C24H34O8. The first-order valence-corrected chi connectivity index (χ1v) is 10.7. The smallest absolute Gasteiger partial charge is 0.331 e. The number of aliphatic hydroxyl groups is 2. The second-order valence-electron chi connectivity index (χ2n) is 8.74. The first-order chi connectivity index (χ1) is 15.0. The summed E-state index contributed by atoms with van der Waals surface area (Å²) in [7, 11) is 1.49. The molecular weight excluding hydrogens is 416 g/mol. The summed E-state index contributed by atoms with van der Waals surface area (Å²) in [5, 5.41) is 30.7. The molecule has 0 aromatic carbocycles. The maximum Gasteiger partial charge on any atom is 0.331 e. The molecule has 8 nitrogen and oxygen atoms in total. The Balaban J connectivity index is 2.13. The third kappa shape index (κ3) is 6.16. The highest BCUT2D eigenvalue weighted by atomic mass is 16.6. The minimum atomic E-state index is -1.18. The van der Waals surface area contributed by atoms with E-state index in [4.69, 9.17) is 19.3 Å². The molecule has 32 heavy (non-hydrogen) atoms. The van der Waals surface area contributed by atoms with Gasteiger partial charge in [0.05, 0.1) is 29.8 Å². The second kappa shape index (κ2) is 11.0. The summed E-state index contributed by atoms with van der Waals surface area (Å²) < 4.78 is 17.3. The lowest BCUT2D eigenvalue weighted by Gasteiger charge is -2.48. The number of esters is 1. The lowest BCUT2D eigenvalue weighted by molar-refractivity contribution is -0.194. The van der Waals surface area contributed by atoms with Crippen molar-refractivity contribution < 1.29 is 39.1 Å². The quantitative estimate of drug-likeness (QED) is 0.212. The molecule has 0 aromatic rings. The van der Waals surface area contributed by atoms with Gasteiger partial charge >= 0.3 is 11.9 Å². The lowest BCUT2D eigenvalue weighted by Crippen LogP contribution is -2.61. The monoisotopic (exact) mass is 450 g/mol. The number of aliphatic carboxylic acids is 1. The lowest BCUT2D eigenvalue weighted by atomic mass is 9.65. The van der Waals surface area contributed by atoms with Crippen LogP contribution in [-0.2, 0) is 23.8 Å². The van der Waals surface area contributed by atoms with Gasteiger partial charge in [-0.1, -0.05) is 36.0 Å². The highest BCUT2D eigenvalue weighted by Crippen LogP contribution is 2.51. The third-order valence-electron chi connectivity index (χ3n) is 6.14. The van der Waals surface area contributed by atoms with Crippen LogP contribution in [-0.4, -0.2) is 70.5 Å². The molecule has 0 spiro atoms. The summed E-state index contributed by atoms with van der Waals surface area (Å²) in [6.45, 7) is 5.74. The van der Waals surface area contributed by atoms with Crippen molar-refractivity contribution in [2.24, 2.45) is 5.92 Å². The Hall–Kier alpha value is -2.26. The number of carbonyl (C=O) groups excluding carboxylic acids is 1. The Morgan fingerprint density at radius 1 is 1.19 bits per heavy atom. The normalized spacial score (nSPS) is 33.5. The van der Waals surface area contributed by atoms with Gasteiger partial charge < -0.3 is 29.5 Å². The van der Waals surface area contributed by atoms with Crippen molar-refractivity contribution in [2.45, 2.75) is 69.5 Å². The van der Waals surface area contributed by atoms with Crippen LogP contribution in [0.1, 0.15) is 40.0 Å². The van der Waals surface area contributed by atoms with Gasteiger partial charge in [0, 0.05) is 19.3 Å². The predicted octanol–water partition coefficient (Wildman–Crippen LogP) is 2.31. The molecule has 0 amide bonds. The molecule has 6 atom stereocenters. The topological polar surface area (TPSA) is 123 Å². The number of hydrogen-bond donors (Lipinski definition) is 3. The van der Waals surface area contributed by atoms with E-state index in [0.717, 1.165) is 11.6 Å². The Kier molecular flexibility index (Phi) is 8.98. The number of aliphatic hydroxyl groups excluding tert-OH is 1. The van der Waals surface area contributed by atoms with Crippen LogP contribution in [0.25, 0.3) is 0 Å². The Labute approximate surface area is 188 Å². The Morgan fingerprint density at radius 2 is 1.84 bits per heavy atom. The molecule has 0 radical (unpaired) electrons. The van der Waals surface area contributed by atoms with Crippen molar-refractivity contribution in [1.29, 1.82) is 0 Å². The standard InChI is InChI=1S/C24H34O8/c1-16(2)11-12-18(25)23(3)22-21(30-4)17(13-14-24(22,29)15-31-23)32-20(28)10-8-6-5-7-9-19(26)27/h5-11,17-18,21-22,25,29H,12-15H2,1-4H3,(H,26,27)/b6-5+,9-7+,10-8+/t17-,18-,21-,22-,23-,24+/m1/s1. The molecule has 1 heterocycles. The number of carboxylic acid groups (broad SMARTS) is 1. The highest BCUT2D eigenvalue weighted by molar-refractivity contribution is 5.82. The van der Waals surface area contributed by atoms with E-state index < -0.39 is 47.4 Å². The van der Waals surface area contributed by atoms with Crippen LogP contribution in [0.2, 0.25) is 0 Å². The average Bonchev–Trinajstić information content (AvgIpc) is 3.01. The molecule has 1 aliphatic heterocycles. The summed E-state index contributed by atoms with van der Waals surface area (Å²) in [6.07, 6.45) is 8.87. The summed E-state index contributed by atoms with van der Waals surface area (Å²) in [5.74, 6) is -2.23. The van der Waals surface area contributed by atoms with Crippen LogP contribution in [0, 0.1) is 5.92 Å². The molecule has 2 fully saturated rings. The van der Waals surface area contributed by atoms with Crippen LogP contribution < -0.4 is 0 Å². The number of hydrogen-bond acceptors (Lipinski definition) is 7. The van der Waals surface area contributed by atoms with Crippen molar-refractivity contribution in [3.8, 4) is 0 Å². The molecule has 178 valence electrons. The number of allylic oxidation sites excluding steroid dienone is 5. The van der Waals surface area contributed by atoms with Crippen molar-refractivity contribution in [3.63, 3.8) is 0 Å². The molecule has 0 bridgehead atoms. The average molecular weight is 451 g/mol. The highest BCUT2D eigenvalue weighted by Gasteiger charge is 2.64. The molecule has 1 saturated carbocycles. The van der Waals surface area contributed by atoms with E-state index in [2.05, 4.69) is 0 Å². The minimum Gasteiger partial charge on any atom is -0.478 e. The Morgan fingerprint density at radius 3 is 2.44 bits per heavy atom. The minimum absolute atomic E-state index is 0.0785. The summed E-state index contributed by atoms with van der Waals surface area (Å²) in [4.78, 5) is 22.7. The van der Waals surface area contributed by atoms with Crippen LogP contribution in [0.15, 0.2) is 48.1 Å². The van der Waals surface area contributed by atoms with E-state index in [9.17, 15) is 19.8 Å². The van der Waals surface area contributed by atoms with Gasteiger partial charge in [0.15, 0.2) is 0 Å². The number of rotatable bonds is 9. The number of carbonyl (C=O) groups is 2.